The maximum atomic E-state index is 12.9. The summed E-state index contributed by atoms with van der Waals surface area (Å²) in [6, 6.07) is 13.2. The number of nitrogens with zero attached hydrogens (tertiary/aromatic N) is 2. The lowest BCUT2D eigenvalue weighted by Gasteiger charge is -2.36. The minimum absolute atomic E-state index is 0.275. The Morgan fingerprint density at radius 1 is 0.958 bits per heavy atom. The zero-order chi connectivity index (χ0) is 17.3. The van der Waals surface area contributed by atoms with Gasteiger partial charge in [0.2, 0.25) is 10.0 Å². The van der Waals surface area contributed by atoms with Gasteiger partial charge in [0.15, 0.2) is 0 Å². The second kappa shape index (κ2) is 6.75. The van der Waals surface area contributed by atoms with Crippen molar-refractivity contribution in [1.29, 1.82) is 0 Å². The predicted molar refractivity (Wildman–Crippen MR) is 98.3 cm³/mol. The van der Waals surface area contributed by atoms with E-state index in [4.69, 9.17) is 11.6 Å². The number of benzene rings is 2. The van der Waals surface area contributed by atoms with E-state index in [2.05, 4.69) is 24.0 Å². The molecule has 0 amide bonds. The lowest BCUT2D eigenvalue weighted by Crippen LogP contribution is -2.48. The topological polar surface area (TPSA) is 40.6 Å². The van der Waals surface area contributed by atoms with Crippen LogP contribution < -0.4 is 4.90 Å². The van der Waals surface area contributed by atoms with E-state index in [0.29, 0.717) is 31.2 Å². The van der Waals surface area contributed by atoms with Gasteiger partial charge in [-0.2, -0.15) is 4.31 Å². The fourth-order valence-corrected chi connectivity index (χ4v) is 5.00. The summed E-state index contributed by atoms with van der Waals surface area (Å²) in [7, 11) is -3.50. The minimum Gasteiger partial charge on any atom is -0.369 e. The normalized spacial score (nSPS) is 16.4. The number of piperazine rings is 1. The molecule has 2 aromatic carbocycles. The van der Waals surface area contributed by atoms with E-state index < -0.39 is 10.0 Å². The first-order valence-electron chi connectivity index (χ1n) is 7.96. The van der Waals surface area contributed by atoms with Gasteiger partial charge in [-0.05, 0) is 49.2 Å². The van der Waals surface area contributed by atoms with Crippen molar-refractivity contribution in [2.75, 3.05) is 31.1 Å². The first-order valence-corrected chi connectivity index (χ1v) is 9.77. The Kier molecular flexibility index (Phi) is 4.85. The van der Waals surface area contributed by atoms with E-state index in [1.807, 2.05) is 19.1 Å². The van der Waals surface area contributed by atoms with Gasteiger partial charge in [-0.3, -0.25) is 0 Å². The predicted octanol–water partition coefficient (Wildman–Crippen LogP) is 3.47. The van der Waals surface area contributed by atoms with Gasteiger partial charge in [0.25, 0.3) is 0 Å². The smallest absolute Gasteiger partial charge is 0.243 e. The van der Waals surface area contributed by atoms with Crippen LogP contribution in [-0.4, -0.2) is 38.9 Å². The van der Waals surface area contributed by atoms with E-state index in [-0.39, 0.29) is 4.90 Å². The van der Waals surface area contributed by atoms with Crippen LogP contribution in [0.2, 0.25) is 5.02 Å². The van der Waals surface area contributed by atoms with E-state index in [9.17, 15) is 8.42 Å². The standard InChI is InChI=1S/C18H21ClN2O2S/c1-14-11-16(19)13-17(12-14)24(22,23)21-9-7-20(8-10-21)18-6-4-3-5-15(18)2/h3-6,11-13H,7-10H2,1-2H3. The highest BCUT2D eigenvalue weighted by molar-refractivity contribution is 7.89. The Hall–Kier alpha value is -1.56. The van der Waals surface area contributed by atoms with Gasteiger partial charge in [-0.15, -0.1) is 0 Å². The summed E-state index contributed by atoms with van der Waals surface area (Å²) < 4.78 is 27.2. The summed E-state index contributed by atoms with van der Waals surface area (Å²) in [5.74, 6) is 0. The Bertz CT molecular complexity index is 824. The molecular formula is C18H21ClN2O2S. The molecule has 128 valence electrons. The molecule has 1 saturated heterocycles. The fourth-order valence-electron chi connectivity index (χ4n) is 3.09. The van der Waals surface area contributed by atoms with Gasteiger partial charge in [-0.1, -0.05) is 29.8 Å². The number of sulfonamides is 1. The summed E-state index contributed by atoms with van der Waals surface area (Å²) >= 11 is 6.02. The summed E-state index contributed by atoms with van der Waals surface area (Å²) in [6.07, 6.45) is 0. The van der Waals surface area contributed by atoms with E-state index in [1.165, 1.54) is 17.3 Å². The van der Waals surface area contributed by atoms with E-state index in [0.717, 1.165) is 5.56 Å². The first kappa shape index (κ1) is 17.3. The van der Waals surface area contributed by atoms with Crippen LogP contribution in [0.15, 0.2) is 47.4 Å². The van der Waals surface area contributed by atoms with Gasteiger partial charge < -0.3 is 4.90 Å². The van der Waals surface area contributed by atoms with Gasteiger partial charge in [0.05, 0.1) is 4.90 Å². The largest absolute Gasteiger partial charge is 0.369 e. The van der Waals surface area contributed by atoms with Crippen LogP contribution in [0.3, 0.4) is 0 Å². The molecule has 4 nitrogen and oxygen atoms in total. The monoisotopic (exact) mass is 364 g/mol. The van der Waals surface area contributed by atoms with Gasteiger partial charge in [-0.25, -0.2) is 8.42 Å². The third-order valence-electron chi connectivity index (χ3n) is 4.35. The molecule has 0 aliphatic carbocycles. The fraction of sp³-hybridized carbons (Fsp3) is 0.333. The molecule has 0 N–H and O–H groups in total. The van der Waals surface area contributed by atoms with Crippen molar-refractivity contribution in [3.63, 3.8) is 0 Å². The highest BCUT2D eigenvalue weighted by Crippen LogP contribution is 2.25. The lowest BCUT2D eigenvalue weighted by molar-refractivity contribution is 0.384. The molecular weight excluding hydrogens is 344 g/mol. The van der Waals surface area contributed by atoms with E-state index in [1.54, 1.807) is 16.4 Å². The van der Waals surface area contributed by atoms with Crippen molar-refractivity contribution in [2.24, 2.45) is 0 Å². The molecule has 0 atom stereocenters. The Labute approximate surface area is 148 Å². The molecule has 1 aliphatic rings. The molecule has 0 aromatic heterocycles. The maximum Gasteiger partial charge on any atom is 0.243 e. The molecule has 6 heteroatoms. The van der Waals surface area contributed by atoms with E-state index >= 15 is 0 Å². The Balaban J connectivity index is 1.77. The molecule has 24 heavy (non-hydrogen) atoms. The van der Waals surface area contributed by atoms with Crippen molar-refractivity contribution in [2.45, 2.75) is 18.7 Å². The van der Waals surface area contributed by atoms with Crippen molar-refractivity contribution < 1.29 is 8.42 Å². The quantitative estimate of drug-likeness (QED) is 0.837. The molecule has 0 unspecified atom stereocenters. The van der Waals surface area contributed by atoms with Crippen molar-refractivity contribution in [3.8, 4) is 0 Å². The van der Waals surface area contributed by atoms with Crippen LogP contribution in [0.4, 0.5) is 5.69 Å². The molecule has 0 bridgehead atoms. The molecule has 1 fully saturated rings. The third kappa shape index (κ3) is 3.43. The number of halogens is 1. The maximum absolute atomic E-state index is 12.9. The lowest BCUT2D eigenvalue weighted by atomic mass is 10.1. The second-order valence-corrected chi connectivity index (χ2v) is 8.52. The Morgan fingerprint density at radius 3 is 2.25 bits per heavy atom. The van der Waals surface area contributed by atoms with Crippen LogP contribution in [0.25, 0.3) is 0 Å². The molecule has 0 radical (unpaired) electrons. The number of rotatable bonds is 3. The van der Waals surface area contributed by atoms with Crippen LogP contribution >= 0.6 is 11.6 Å². The summed E-state index contributed by atoms with van der Waals surface area (Å²) in [6.45, 7) is 6.24. The Morgan fingerprint density at radius 2 is 1.62 bits per heavy atom. The minimum atomic E-state index is -3.50. The molecule has 1 heterocycles. The second-order valence-electron chi connectivity index (χ2n) is 6.14. The zero-order valence-corrected chi connectivity index (χ0v) is 15.4. The summed E-state index contributed by atoms with van der Waals surface area (Å²) in [5.41, 5.74) is 3.23. The van der Waals surface area contributed by atoms with Crippen LogP contribution in [0.5, 0.6) is 0 Å². The SMILES string of the molecule is Cc1cc(Cl)cc(S(=O)(=O)N2CCN(c3ccccc3C)CC2)c1. The van der Waals surface area contributed by atoms with Gasteiger partial charge in [0, 0.05) is 36.9 Å². The summed E-state index contributed by atoms with van der Waals surface area (Å²) in [4.78, 5) is 2.52. The zero-order valence-electron chi connectivity index (χ0n) is 13.9. The van der Waals surface area contributed by atoms with Crippen LogP contribution in [0.1, 0.15) is 11.1 Å². The molecule has 3 rings (SSSR count). The number of hydrogen-bond donors (Lipinski definition) is 0. The van der Waals surface area contributed by atoms with Crippen LogP contribution in [-0.2, 0) is 10.0 Å². The molecule has 1 aliphatic heterocycles. The average molecular weight is 365 g/mol. The number of anilines is 1. The summed E-state index contributed by atoms with van der Waals surface area (Å²) in [5, 5.41) is 0.451. The molecule has 0 saturated carbocycles. The first-order chi connectivity index (χ1) is 11.4. The molecule has 0 spiro atoms. The van der Waals surface area contributed by atoms with Crippen LogP contribution in [0, 0.1) is 13.8 Å². The highest BCUT2D eigenvalue weighted by atomic mass is 35.5. The number of aryl methyl sites for hydroxylation is 2. The average Bonchev–Trinajstić information content (AvgIpc) is 2.54. The van der Waals surface area contributed by atoms with Gasteiger partial charge in [0.1, 0.15) is 0 Å². The van der Waals surface area contributed by atoms with Crippen molar-refractivity contribution >= 4 is 27.3 Å². The van der Waals surface area contributed by atoms with Crippen molar-refractivity contribution in [1.82, 2.24) is 4.31 Å². The third-order valence-corrected chi connectivity index (χ3v) is 6.44. The number of para-hydroxylation sites is 1. The highest BCUT2D eigenvalue weighted by Gasteiger charge is 2.29. The van der Waals surface area contributed by atoms with Gasteiger partial charge >= 0.3 is 0 Å². The molecule has 2 aromatic rings. The number of hydrogen-bond acceptors (Lipinski definition) is 3. The van der Waals surface area contributed by atoms with Crippen molar-refractivity contribution in [3.05, 3.63) is 58.6 Å².